The highest BCUT2D eigenvalue weighted by atomic mass is 32.2. The summed E-state index contributed by atoms with van der Waals surface area (Å²) in [6.45, 7) is 1.97. The van der Waals surface area contributed by atoms with Gasteiger partial charge in [-0.05, 0) is 54.5 Å². The van der Waals surface area contributed by atoms with Gasteiger partial charge in [0, 0.05) is 0 Å². The molecule has 162 valence electrons. The van der Waals surface area contributed by atoms with Gasteiger partial charge in [0.2, 0.25) is 5.91 Å². The van der Waals surface area contributed by atoms with Crippen molar-refractivity contribution in [2.24, 2.45) is 0 Å². The number of ether oxygens (including phenoxy) is 1. The lowest BCUT2D eigenvalue weighted by atomic mass is 10.1. The van der Waals surface area contributed by atoms with Crippen LogP contribution in [0.4, 0.5) is 5.69 Å². The number of para-hydroxylation sites is 1. The Bertz CT molecular complexity index is 1270. The highest BCUT2D eigenvalue weighted by Gasteiger charge is 2.25. The van der Waals surface area contributed by atoms with Crippen molar-refractivity contribution in [2.45, 2.75) is 16.5 Å². The highest BCUT2D eigenvalue weighted by molar-refractivity contribution is 8.02. The number of rotatable bonds is 7. The summed E-state index contributed by atoms with van der Waals surface area (Å²) in [4.78, 5) is 13.4. The van der Waals surface area contributed by atoms with Gasteiger partial charge in [0.25, 0.3) is 0 Å². The molecule has 0 saturated heterocycles. The second kappa shape index (κ2) is 10.1. The van der Waals surface area contributed by atoms with E-state index in [0.717, 1.165) is 21.2 Å². The predicted octanol–water partition coefficient (Wildman–Crippen LogP) is 6.45. The Morgan fingerprint density at radius 1 is 1.09 bits per heavy atom. The molecular formula is C24H21N3O2S3. The zero-order chi connectivity index (χ0) is 22.5. The maximum atomic E-state index is 13.4. The molecule has 1 aromatic heterocycles. The van der Waals surface area contributed by atoms with Gasteiger partial charge in [-0.15, -0.1) is 5.10 Å². The van der Waals surface area contributed by atoms with E-state index in [0.29, 0.717) is 15.4 Å². The van der Waals surface area contributed by atoms with E-state index in [-0.39, 0.29) is 5.91 Å². The Labute approximate surface area is 200 Å². The Morgan fingerprint density at radius 2 is 1.78 bits per heavy atom. The zero-order valence-electron chi connectivity index (χ0n) is 17.5. The Balaban J connectivity index is 1.65. The minimum absolute atomic E-state index is 0.155. The molecule has 4 aromatic rings. The van der Waals surface area contributed by atoms with E-state index >= 15 is 0 Å². The molecule has 0 aliphatic rings. The number of nitrogens with one attached hydrogen (secondary N) is 1. The number of hydrogen-bond acceptors (Lipinski definition) is 6. The molecule has 1 heterocycles. The van der Waals surface area contributed by atoms with Crippen molar-refractivity contribution in [3.63, 3.8) is 0 Å². The van der Waals surface area contributed by atoms with Gasteiger partial charge < -0.3 is 10.1 Å². The lowest BCUT2D eigenvalue weighted by molar-refractivity contribution is -0.115. The lowest BCUT2D eigenvalue weighted by Gasteiger charge is -2.17. The molecule has 4 rings (SSSR count). The number of thioether (sulfide) groups is 1. The largest absolute Gasteiger partial charge is 0.495 e. The first-order valence-electron chi connectivity index (χ1n) is 9.88. The summed E-state index contributed by atoms with van der Waals surface area (Å²) in [6.07, 6.45) is 0. The van der Waals surface area contributed by atoms with Crippen LogP contribution in [0, 0.1) is 10.9 Å². The summed E-state index contributed by atoms with van der Waals surface area (Å²) < 4.78 is 8.50. The van der Waals surface area contributed by atoms with E-state index in [2.05, 4.69) is 10.4 Å². The van der Waals surface area contributed by atoms with Crippen LogP contribution in [-0.4, -0.2) is 22.8 Å². The second-order valence-electron chi connectivity index (χ2n) is 6.98. The number of benzene rings is 3. The average molecular weight is 480 g/mol. The quantitative estimate of drug-likeness (QED) is 0.244. The molecule has 0 saturated carbocycles. The summed E-state index contributed by atoms with van der Waals surface area (Å²) in [7, 11) is 1.59. The molecule has 1 amide bonds. The lowest BCUT2D eigenvalue weighted by Crippen LogP contribution is -2.19. The number of carbonyl (C=O) groups is 1. The molecule has 1 atom stereocenters. The van der Waals surface area contributed by atoms with Crippen molar-refractivity contribution in [2.75, 3.05) is 12.4 Å². The third-order valence-corrected chi connectivity index (χ3v) is 7.27. The summed E-state index contributed by atoms with van der Waals surface area (Å²) in [5.74, 6) is 0.460. The van der Waals surface area contributed by atoms with Crippen LogP contribution in [0.5, 0.6) is 5.75 Å². The summed E-state index contributed by atoms with van der Waals surface area (Å²) in [5, 5.41) is 7.20. The molecule has 0 bridgehead atoms. The predicted molar refractivity (Wildman–Crippen MR) is 134 cm³/mol. The second-order valence-corrected chi connectivity index (χ2v) is 9.96. The fraction of sp³-hybridized carbons (Fsp3) is 0.125. The van der Waals surface area contributed by atoms with Crippen molar-refractivity contribution in [3.8, 4) is 11.4 Å². The average Bonchev–Trinajstić information content (AvgIpc) is 3.19. The van der Waals surface area contributed by atoms with Gasteiger partial charge in [0.05, 0.1) is 18.5 Å². The fourth-order valence-corrected chi connectivity index (χ4v) is 5.71. The Kier molecular flexibility index (Phi) is 7.04. The van der Waals surface area contributed by atoms with E-state index in [1.165, 1.54) is 23.1 Å². The number of aryl methyl sites for hydroxylation is 1. The molecule has 3 aromatic carbocycles. The molecule has 8 heteroatoms. The van der Waals surface area contributed by atoms with Crippen molar-refractivity contribution >= 4 is 46.9 Å². The molecule has 0 aliphatic carbocycles. The molecule has 32 heavy (non-hydrogen) atoms. The SMILES string of the molecule is COc1ccc(C)cc1NC(=O)C(Sc1nn(-c2ccccc2)c(=S)s1)c1ccccc1. The van der Waals surface area contributed by atoms with Crippen LogP contribution in [0.25, 0.3) is 5.69 Å². The first kappa shape index (κ1) is 22.3. The number of anilines is 1. The Morgan fingerprint density at radius 3 is 2.47 bits per heavy atom. The molecule has 0 radical (unpaired) electrons. The van der Waals surface area contributed by atoms with E-state index < -0.39 is 5.25 Å². The number of methoxy groups -OCH3 is 1. The van der Waals surface area contributed by atoms with Gasteiger partial charge in [0.1, 0.15) is 11.0 Å². The number of nitrogens with zero attached hydrogens (tertiary/aromatic N) is 2. The number of aromatic nitrogens is 2. The first-order valence-corrected chi connectivity index (χ1v) is 12.0. The molecule has 1 N–H and O–H groups in total. The van der Waals surface area contributed by atoms with Crippen molar-refractivity contribution in [1.29, 1.82) is 0 Å². The highest BCUT2D eigenvalue weighted by Crippen LogP contribution is 2.38. The van der Waals surface area contributed by atoms with Crippen LogP contribution < -0.4 is 10.1 Å². The van der Waals surface area contributed by atoms with Crippen LogP contribution >= 0.6 is 35.3 Å². The van der Waals surface area contributed by atoms with E-state index in [4.69, 9.17) is 17.0 Å². The Hall–Kier alpha value is -2.94. The first-order chi connectivity index (χ1) is 15.5. The summed E-state index contributed by atoms with van der Waals surface area (Å²) in [6, 6.07) is 25.1. The number of hydrogen-bond donors (Lipinski definition) is 1. The van der Waals surface area contributed by atoms with Crippen molar-refractivity contribution < 1.29 is 9.53 Å². The number of carbonyl (C=O) groups excluding carboxylic acids is 1. The monoisotopic (exact) mass is 479 g/mol. The summed E-state index contributed by atoms with van der Waals surface area (Å²) >= 11 is 8.31. The molecule has 0 aliphatic heterocycles. The third kappa shape index (κ3) is 5.09. The summed E-state index contributed by atoms with van der Waals surface area (Å²) in [5.41, 5.74) is 3.45. The normalized spacial score (nSPS) is 11.7. The van der Waals surface area contributed by atoms with Gasteiger partial charge in [-0.3, -0.25) is 4.79 Å². The van der Waals surface area contributed by atoms with Gasteiger partial charge in [-0.25, -0.2) is 4.68 Å². The topological polar surface area (TPSA) is 56.1 Å². The van der Waals surface area contributed by atoms with Gasteiger partial charge in [-0.2, -0.15) is 0 Å². The van der Waals surface area contributed by atoms with E-state index in [1.54, 1.807) is 11.8 Å². The number of amides is 1. The molecule has 5 nitrogen and oxygen atoms in total. The third-order valence-electron chi connectivity index (χ3n) is 4.70. The van der Waals surface area contributed by atoms with Crippen molar-refractivity contribution in [1.82, 2.24) is 9.78 Å². The van der Waals surface area contributed by atoms with Crippen LogP contribution in [0.2, 0.25) is 0 Å². The molecule has 0 fully saturated rings. The minimum atomic E-state index is -0.508. The maximum absolute atomic E-state index is 13.4. The smallest absolute Gasteiger partial charge is 0.242 e. The molecular weight excluding hydrogens is 458 g/mol. The standard InChI is InChI=1S/C24H21N3O2S3/c1-16-13-14-20(29-2)19(15-16)25-22(28)21(17-9-5-3-6-10-17)31-23-26-27(24(30)32-23)18-11-7-4-8-12-18/h3-15,21H,1-2H3,(H,25,28). The minimum Gasteiger partial charge on any atom is -0.495 e. The molecule has 0 spiro atoms. The fourth-order valence-electron chi connectivity index (χ4n) is 3.16. The van der Waals surface area contributed by atoms with Crippen LogP contribution in [-0.2, 0) is 4.79 Å². The van der Waals surface area contributed by atoms with Crippen molar-refractivity contribution in [3.05, 3.63) is 93.9 Å². The van der Waals surface area contributed by atoms with Gasteiger partial charge in [0.15, 0.2) is 8.29 Å². The van der Waals surface area contributed by atoms with Crippen LogP contribution in [0.15, 0.2) is 83.2 Å². The maximum Gasteiger partial charge on any atom is 0.242 e. The molecule has 1 unspecified atom stereocenters. The van der Waals surface area contributed by atoms with Gasteiger partial charge in [-0.1, -0.05) is 77.7 Å². The van der Waals surface area contributed by atoms with Crippen LogP contribution in [0.1, 0.15) is 16.4 Å². The zero-order valence-corrected chi connectivity index (χ0v) is 20.0. The van der Waals surface area contributed by atoms with Gasteiger partial charge >= 0.3 is 0 Å². The van der Waals surface area contributed by atoms with E-state index in [9.17, 15) is 4.79 Å². The van der Waals surface area contributed by atoms with Crippen LogP contribution in [0.3, 0.4) is 0 Å². The van der Waals surface area contributed by atoms with E-state index in [1.807, 2.05) is 85.8 Å².